The van der Waals surface area contributed by atoms with Crippen LogP contribution in [0.5, 0.6) is 11.5 Å². The Labute approximate surface area is 179 Å². The largest absolute Gasteiger partial charge is 0.507 e. The van der Waals surface area contributed by atoms with E-state index in [1.54, 1.807) is 31.2 Å². The fourth-order valence-corrected chi connectivity index (χ4v) is 3.29. The van der Waals surface area contributed by atoms with Gasteiger partial charge in [0.05, 0.1) is 5.39 Å². The van der Waals surface area contributed by atoms with Crippen LogP contribution < -0.4 is 15.4 Å². The molecule has 3 rings (SSSR count). The molecular weight excluding hydrogens is 400 g/mol. The molecule has 2 aromatic carbocycles. The Morgan fingerprint density at radius 1 is 1.00 bits per heavy atom. The van der Waals surface area contributed by atoms with E-state index in [1.807, 2.05) is 0 Å². The lowest BCUT2D eigenvalue weighted by molar-refractivity contribution is -0.117. The van der Waals surface area contributed by atoms with Crippen molar-refractivity contribution in [3.05, 3.63) is 36.1 Å². The van der Waals surface area contributed by atoms with Crippen molar-refractivity contribution in [2.24, 2.45) is 0 Å². The van der Waals surface area contributed by atoms with Gasteiger partial charge < -0.3 is 29.7 Å². The number of ketones is 2. The number of carbonyl (C=O) groups excluding carboxylic acids is 3. The minimum Gasteiger partial charge on any atom is -0.507 e. The van der Waals surface area contributed by atoms with Crippen LogP contribution in [0.15, 0.2) is 34.7 Å². The Bertz CT molecular complexity index is 1120. The molecule has 0 saturated carbocycles. The smallest absolute Gasteiger partial charge is 0.412 e. The number of fused-ring (bicyclic) bond motifs is 2. The van der Waals surface area contributed by atoms with Crippen molar-refractivity contribution >= 4 is 39.4 Å². The number of phenolic OH excluding ortho intramolecular Hbond substituents is 1. The first-order valence-corrected chi connectivity index (χ1v) is 10.2. The quantitative estimate of drug-likeness (QED) is 0.332. The number of furan rings is 1. The van der Waals surface area contributed by atoms with E-state index in [2.05, 4.69) is 10.6 Å². The van der Waals surface area contributed by atoms with E-state index in [0.29, 0.717) is 42.1 Å². The van der Waals surface area contributed by atoms with Gasteiger partial charge in [0.25, 0.3) is 0 Å². The third-order valence-electron chi connectivity index (χ3n) is 4.84. The number of rotatable bonds is 10. The van der Waals surface area contributed by atoms with Gasteiger partial charge in [0.2, 0.25) is 0 Å². The molecule has 0 atom stereocenters. The summed E-state index contributed by atoms with van der Waals surface area (Å²) in [5, 5.41) is 17.8. The first-order chi connectivity index (χ1) is 14.9. The van der Waals surface area contributed by atoms with Crippen molar-refractivity contribution in [3.63, 3.8) is 0 Å². The first-order valence-electron chi connectivity index (χ1n) is 10.2. The normalized spacial score (nSPS) is 11.0. The van der Waals surface area contributed by atoms with E-state index in [0.717, 1.165) is 13.0 Å². The lowest BCUT2D eigenvalue weighted by Crippen LogP contribution is -2.30. The van der Waals surface area contributed by atoms with E-state index in [1.165, 1.54) is 13.0 Å². The summed E-state index contributed by atoms with van der Waals surface area (Å²) < 4.78 is 11.1. The molecule has 0 unspecified atom stereocenters. The van der Waals surface area contributed by atoms with E-state index in [-0.39, 0.29) is 34.4 Å². The fraction of sp³-hybridized carbons (Fsp3) is 0.348. The van der Waals surface area contributed by atoms with Crippen molar-refractivity contribution < 1.29 is 28.6 Å². The van der Waals surface area contributed by atoms with Crippen molar-refractivity contribution in [1.29, 1.82) is 0 Å². The summed E-state index contributed by atoms with van der Waals surface area (Å²) in [4.78, 5) is 35.0. The maximum Gasteiger partial charge on any atom is 0.412 e. The number of carbonyl (C=O) groups is 3. The number of aromatic hydroxyl groups is 1. The lowest BCUT2D eigenvalue weighted by Gasteiger charge is -2.11. The van der Waals surface area contributed by atoms with Crippen LogP contribution in [-0.2, 0) is 4.79 Å². The van der Waals surface area contributed by atoms with Crippen LogP contribution in [0.1, 0.15) is 43.7 Å². The van der Waals surface area contributed by atoms with Gasteiger partial charge in [0.1, 0.15) is 11.5 Å². The summed E-state index contributed by atoms with van der Waals surface area (Å²) in [6.07, 6.45) is 1.38. The molecule has 0 radical (unpaired) electrons. The molecule has 0 fully saturated rings. The Morgan fingerprint density at radius 3 is 2.42 bits per heavy atom. The molecule has 0 spiro atoms. The molecule has 1 heterocycles. The van der Waals surface area contributed by atoms with E-state index in [4.69, 9.17) is 9.15 Å². The number of ether oxygens (including phenoxy) is 1. The number of phenols is 1. The minimum atomic E-state index is -0.658. The highest BCUT2D eigenvalue weighted by molar-refractivity contribution is 6.11. The van der Waals surface area contributed by atoms with Gasteiger partial charge in [-0.1, -0.05) is 24.3 Å². The monoisotopic (exact) mass is 426 g/mol. The highest BCUT2D eigenvalue weighted by atomic mass is 16.6. The highest BCUT2D eigenvalue weighted by Crippen LogP contribution is 2.43. The van der Waals surface area contributed by atoms with Crippen molar-refractivity contribution in [2.75, 3.05) is 19.6 Å². The maximum atomic E-state index is 12.4. The average molecular weight is 426 g/mol. The third-order valence-corrected chi connectivity index (χ3v) is 4.84. The summed E-state index contributed by atoms with van der Waals surface area (Å²) in [5.41, 5.74) is 0.142. The Hall–Kier alpha value is -3.39. The molecule has 1 amide bonds. The van der Waals surface area contributed by atoms with Gasteiger partial charge in [-0.05, 0) is 38.9 Å². The number of nitrogens with one attached hydrogen (secondary N) is 2. The molecular formula is C23H26N2O6. The zero-order valence-corrected chi connectivity index (χ0v) is 17.6. The van der Waals surface area contributed by atoms with Crippen LogP contribution in [0.4, 0.5) is 4.79 Å². The Morgan fingerprint density at radius 2 is 1.71 bits per heavy atom. The predicted molar refractivity (Wildman–Crippen MR) is 117 cm³/mol. The SMILES string of the molecule is CC(=O)CCCNCCCNC(=O)Oc1c2ccccc2c(O)c2cc(C(C)=O)oc12. The van der Waals surface area contributed by atoms with Gasteiger partial charge in [-0.2, -0.15) is 0 Å². The number of benzene rings is 2. The highest BCUT2D eigenvalue weighted by Gasteiger charge is 2.22. The summed E-state index contributed by atoms with van der Waals surface area (Å²) in [6, 6.07) is 8.37. The van der Waals surface area contributed by atoms with Crippen LogP contribution in [0.25, 0.3) is 21.7 Å². The second kappa shape index (κ2) is 10.1. The van der Waals surface area contributed by atoms with Crippen LogP contribution in [-0.4, -0.2) is 42.4 Å². The van der Waals surface area contributed by atoms with Crippen LogP contribution >= 0.6 is 0 Å². The maximum absolute atomic E-state index is 12.4. The van der Waals surface area contributed by atoms with E-state index >= 15 is 0 Å². The first kappa shape index (κ1) is 22.3. The number of amides is 1. The van der Waals surface area contributed by atoms with Crippen molar-refractivity contribution in [3.8, 4) is 11.5 Å². The third kappa shape index (κ3) is 5.40. The van der Waals surface area contributed by atoms with Gasteiger partial charge >= 0.3 is 6.09 Å². The predicted octanol–water partition coefficient (Wildman–Crippen LogP) is 3.93. The van der Waals surface area contributed by atoms with Gasteiger partial charge in [-0.15, -0.1) is 0 Å². The standard InChI is InChI=1S/C23H26N2O6/c1-14(26)7-5-10-24-11-6-12-25-23(29)31-21-17-9-4-3-8-16(17)20(28)18-13-19(15(2)27)30-22(18)21/h3-4,8-9,13,24,28H,5-7,10-12H2,1-2H3,(H,25,29). The molecule has 0 bridgehead atoms. The Kier molecular flexibility index (Phi) is 7.25. The van der Waals surface area contributed by atoms with Gasteiger partial charge in [0.15, 0.2) is 22.9 Å². The minimum absolute atomic E-state index is 0.0366. The second-order valence-electron chi connectivity index (χ2n) is 7.36. The summed E-state index contributed by atoms with van der Waals surface area (Å²) >= 11 is 0. The van der Waals surface area contributed by atoms with Crippen molar-refractivity contribution in [1.82, 2.24) is 10.6 Å². The van der Waals surface area contributed by atoms with Crippen LogP contribution in [0.2, 0.25) is 0 Å². The molecule has 8 nitrogen and oxygen atoms in total. The van der Waals surface area contributed by atoms with Gasteiger partial charge in [0, 0.05) is 30.7 Å². The second-order valence-corrected chi connectivity index (χ2v) is 7.36. The molecule has 8 heteroatoms. The molecule has 3 N–H and O–H groups in total. The van der Waals surface area contributed by atoms with Gasteiger partial charge in [-0.25, -0.2) is 4.79 Å². The molecule has 164 valence electrons. The zero-order valence-electron chi connectivity index (χ0n) is 17.6. The average Bonchev–Trinajstić information content (AvgIpc) is 3.19. The molecule has 1 aromatic heterocycles. The van der Waals surface area contributed by atoms with Gasteiger partial charge in [-0.3, -0.25) is 4.79 Å². The van der Waals surface area contributed by atoms with Crippen LogP contribution in [0.3, 0.4) is 0 Å². The van der Waals surface area contributed by atoms with E-state index < -0.39 is 6.09 Å². The lowest BCUT2D eigenvalue weighted by atomic mass is 10.1. The molecule has 0 saturated heterocycles. The van der Waals surface area contributed by atoms with E-state index in [9.17, 15) is 19.5 Å². The topological polar surface area (TPSA) is 118 Å². The summed E-state index contributed by atoms with van der Waals surface area (Å²) in [6.45, 7) is 4.78. The molecule has 31 heavy (non-hydrogen) atoms. The van der Waals surface area contributed by atoms with Crippen LogP contribution in [0, 0.1) is 0 Å². The molecule has 0 aliphatic heterocycles. The summed E-state index contributed by atoms with van der Waals surface area (Å²) in [5.74, 6) is 0.0582. The number of hydrogen-bond donors (Lipinski definition) is 3. The van der Waals surface area contributed by atoms with Crippen molar-refractivity contribution in [2.45, 2.75) is 33.1 Å². The Balaban J connectivity index is 1.67. The molecule has 0 aliphatic rings. The zero-order chi connectivity index (χ0) is 22.4. The summed E-state index contributed by atoms with van der Waals surface area (Å²) in [7, 11) is 0. The fourth-order valence-electron chi connectivity index (χ4n) is 3.29. The number of Topliss-reactive ketones (excluding diaryl/α,β-unsaturated/α-hetero) is 2. The molecule has 0 aliphatic carbocycles. The molecule has 3 aromatic rings. The number of hydrogen-bond acceptors (Lipinski definition) is 7.